The zero-order valence-corrected chi connectivity index (χ0v) is 17.2. The molecule has 0 rings (SSSR count). The second kappa shape index (κ2) is 17.7. The van der Waals surface area contributed by atoms with Gasteiger partial charge in [0.05, 0.1) is 6.61 Å². The number of rotatable bonds is 12. The second-order valence-electron chi connectivity index (χ2n) is 4.98. The zero-order valence-electron chi connectivity index (χ0n) is 14.9. The third-order valence-corrected chi connectivity index (χ3v) is 3.05. The maximum atomic E-state index is 11.2. The van der Waals surface area contributed by atoms with E-state index in [4.69, 9.17) is 9.47 Å². The Balaban J connectivity index is 0. The molecule has 0 heterocycles. The zero-order chi connectivity index (χ0) is 16.6. The van der Waals surface area contributed by atoms with Crippen LogP contribution in [0.1, 0.15) is 26.2 Å². The van der Waals surface area contributed by atoms with E-state index in [-0.39, 0.29) is 29.9 Å². The van der Waals surface area contributed by atoms with Crippen molar-refractivity contribution in [2.75, 3.05) is 60.6 Å². The fourth-order valence-corrected chi connectivity index (χ4v) is 1.85. The molecule has 0 unspecified atom stereocenters. The van der Waals surface area contributed by atoms with Crippen LogP contribution in [-0.2, 0) is 14.3 Å². The highest BCUT2D eigenvalue weighted by molar-refractivity contribution is 14.0. The topological polar surface area (TPSA) is 75.2 Å². The summed E-state index contributed by atoms with van der Waals surface area (Å²) in [5.74, 6) is 0.610. The fraction of sp³-hybridized carbons (Fsp3) is 0.867. The van der Waals surface area contributed by atoms with E-state index in [1.807, 2.05) is 6.92 Å². The number of esters is 1. The minimum Gasteiger partial charge on any atom is -0.466 e. The summed E-state index contributed by atoms with van der Waals surface area (Å²) in [5, 5.41) is 6.44. The van der Waals surface area contributed by atoms with Crippen LogP contribution in [0.4, 0.5) is 0 Å². The second-order valence-corrected chi connectivity index (χ2v) is 4.98. The van der Waals surface area contributed by atoms with Gasteiger partial charge in [0.1, 0.15) is 0 Å². The first kappa shape index (κ1) is 24.6. The summed E-state index contributed by atoms with van der Waals surface area (Å²) in [6.45, 7) is 6.51. The molecule has 0 saturated heterocycles. The molecule has 0 radical (unpaired) electrons. The first-order chi connectivity index (χ1) is 10.6. The Morgan fingerprint density at radius 3 is 2.48 bits per heavy atom. The van der Waals surface area contributed by atoms with Crippen molar-refractivity contribution in [2.45, 2.75) is 26.2 Å². The number of hydrogen-bond acceptors (Lipinski definition) is 5. The van der Waals surface area contributed by atoms with Crippen LogP contribution in [0.3, 0.4) is 0 Å². The Kier molecular flexibility index (Phi) is 19.0. The van der Waals surface area contributed by atoms with E-state index in [1.165, 1.54) is 0 Å². The minimum atomic E-state index is -0.148. The van der Waals surface area contributed by atoms with Crippen LogP contribution in [-0.4, -0.2) is 77.4 Å². The third-order valence-electron chi connectivity index (χ3n) is 3.05. The van der Waals surface area contributed by atoms with E-state index in [0.717, 1.165) is 45.0 Å². The SMILES string of the molecule is CCOC(=O)CCCNC(=NC)NCCN(C)CCCOC.I. The van der Waals surface area contributed by atoms with Crippen LogP contribution < -0.4 is 10.6 Å². The minimum absolute atomic E-state index is 0. The quantitative estimate of drug-likeness (QED) is 0.154. The van der Waals surface area contributed by atoms with Gasteiger partial charge in [-0.1, -0.05) is 0 Å². The molecule has 0 spiro atoms. The average molecular weight is 444 g/mol. The number of ether oxygens (including phenoxy) is 2. The van der Waals surface area contributed by atoms with Gasteiger partial charge in [0.2, 0.25) is 0 Å². The number of nitrogens with one attached hydrogen (secondary N) is 2. The molecule has 8 heteroatoms. The average Bonchev–Trinajstić information content (AvgIpc) is 2.50. The Bertz CT molecular complexity index is 317. The van der Waals surface area contributed by atoms with Gasteiger partial charge >= 0.3 is 5.97 Å². The van der Waals surface area contributed by atoms with Crippen LogP contribution in [0.15, 0.2) is 4.99 Å². The summed E-state index contributed by atoms with van der Waals surface area (Å²) in [6.07, 6.45) is 2.20. The summed E-state index contributed by atoms with van der Waals surface area (Å²) in [5.41, 5.74) is 0. The number of guanidine groups is 1. The van der Waals surface area contributed by atoms with Crippen LogP contribution in [0, 0.1) is 0 Å². The van der Waals surface area contributed by atoms with Crippen molar-refractivity contribution in [2.24, 2.45) is 4.99 Å². The highest BCUT2D eigenvalue weighted by atomic mass is 127. The highest BCUT2D eigenvalue weighted by Gasteiger charge is 2.03. The molecule has 0 aromatic rings. The molecule has 0 aliphatic carbocycles. The molecule has 0 fully saturated rings. The molecule has 0 atom stereocenters. The molecule has 0 amide bonds. The van der Waals surface area contributed by atoms with Crippen molar-refractivity contribution in [3.63, 3.8) is 0 Å². The summed E-state index contributed by atoms with van der Waals surface area (Å²) in [4.78, 5) is 17.6. The molecule has 23 heavy (non-hydrogen) atoms. The maximum Gasteiger partial charge on any atom is 0.305 e. The largest absolute Gasteiger partial charge is 0.466 e. The maximum absolute atomic E-state index is 11.2. The number of methoxy groups -OCH3 is 1. The summed E-state index contributed by atoms with van der Waals surface area (Å²) >= 11 is 0. The van der Waals surface area contributed by atoms with Gasteiger partial charge in [-0.3, -0.25) is 9.79 Å². The van der Waals surface area contributed by atoms with Crippen LogP contribution in [0.5, 0.6) is 0 Å². The van der Waals surface area contributed by atoms with Gasteiger partial charge < -0.3 is 25.0 Å². The number of halogens is 1. The standard InChI is InChI=1S/C15H32N4O3.HI/c1-5-22-14(20)8-6-9-17-15(16-2)18-10-12-19(3)11-7-13-21-4;/h5-13H2,1-4H3,(H2,16,17,18);1H. The number of hydrogen-bond donors (Lipinski definition) is 2. The molecule has 138 valence electrons. The van der Waals surface area contributed by atoms with Gasteiger partial charge in [0.15, 0.2) is 5.96 Å². The number of nitrogens with zero attached hydrogens (tertiary/aromatic N) is 2. The van der Waals surface area contributed by atoms with Crippen LogP contribution >= 0.6 is 24.0 Å². The first-order valence-corrected chi connectivity index (χ1v) is 7.91. The monoisotopic (exact) mass is 444 g/mol. The normalized spacial score (nSPS) is 11.1. The molecule has 2 N–H and O–H groups in total. The molecule has 7 nitrogen and oxygen atoms in total. The van der Waals surface area contributed by atoms with E-state index >= 15 is 0 Å². The number of carbonyl (C=O) groups is 1. The lowest BCUT2D eigenvalue weighted by atomic mass is 10.3. The van der Waals surface area contributed by atoms with Crippen molar-refractivity contribution >= 4 is 35.9 Å². The molecular formula is C15H33IN4O3. The van der Waals surface area contributed by atoms with Crippen molar-refractivity contribution in [1.82, 2.24) is 15.5 Å². The van der Waals surface area contributed by atoms with Gasteiger partial charge in [-0.15, -0.1) is 24.0 Å². The lowest BCUT2D eigenvalue weighted by molar-refractivity contribution is -0.143. The van der Waals surface area contributed by atoms with Crippen LogP contribution in [0.25, 0.3) is 0 Å². The Morgan fingerprint density at radius 1 is 1.17 bits per heavy atom. The molecule has 0 bridgehead atoms. The summed E-state index contributed by atoms with van der Waals surface area (Å²) in [7, 11) is 5.55. The lowest BCUT2D eigenvalue weighted by Crippen LogP contribution is -2.41. The Morgan fingerprint density at radius 2 is 1.87 bits per heavy atom. The van der Waals surface area contributed by atoms with E-state index in [2.05, 4.69) is 27.6 Å². The molecule has 0 saturated carbocycles. The van der Waals surface area contributed by atoms with E-state index in [0.29, 0.717) is 19.6 Å². The number of likely N-dealkylation sites (N-methyl/N-ethyl adjacent to an activating group) is 1. The van der Waals surface area contributed by atoms with Crippen molar-refractivity contribution < 1.29 is 14.3 Å². The number of carbonyl (C=O) groups excluding carboxylic acids is 1. The Hall–Kier alpha value is -0.610. The van der Waals surface area contributed by atoms with Gasteiger partial charge in [0, 0.05) is 53.4 Å². The summed E-state index contributed by atoms with van der Waals surface area (Å²) < 4.78 is 9.91. The lowest BCUT2D eigenvalue weighted by Gasteiger charge is -2.18. The van der Waals surface area contributed by atoms with Gasteiger partial charge in [0.25, 0.3) is 0 Å². The molecule has 0 aliphatic heterocycles. The predicted molar refractivity (Wildman–Crippen MR) is 105 cm³/mol. The highest BCUT2D eigenvalue weighted by Crippen LogP contribution is 1.91. The van der Waals surface area contributed by atoms with Gasteiger partial charge in [-0.25, -0.2) is 0 Å². The molecule has 0 aromatic heterocycles. The van der Waals surface area contributed by atoms with Crippen molar-refractivity contribution in [3.05, 3.63) is 0 Å². The van der Waals surface area contributed by atoms with Crippen molar-refractivity contribution in [3.8, 4) is 0 Å². The molecule has 0 aliphatic rings. The smallest absolute Gasteiger partial charge is 0.305 e. The van der Waals surface area contributed by atoms with E-state index in [9.17, 15) is 4.79 Å². The third kappa shape index (κ3) is 16.0. The fourth-order valence-electron chi connectivity index (χ4n) is 1.85. The van der Waals surface area contributed by atoms with Crippen LogP contribution in [0.2, 0.25) is 0 Å². The molecular weight excluding hydrogens is 411 g/mol. The van der Waals surface area contributed by atoms with Gasteiger partial charge in [-0.2, -0.15) is 0 Å². The summed E-state index contributed by atoms with van der Waals surface area (Å²) in [6, 6.07) is 0. The van der Waals surface area contributed by atoms with Gasteiger partial charge in [-0.05, 0) is 26.8 Å². The van der Waals surface area contributed by atoms with E-state index in [1.54, 1.807) is 14.2 Å². The predicted octanol–water partition coefficient (Wildman–Crippen LogP) is 1.08. The molecule has 0 aromatic carbocycles. The number of aliphatic imine (C=N–C) groups is 1. The Labute approximate surface area is 157 Å². The first-order valence-electron chi connectivity index (χ1n) is 7.91. The van der Waals surface area contributed by atoms with Crippen molar-refractivity contribution in [1.29, 1.82) is 0 Å². The van der Waals surface area contributed by atoms with E-state index < -0.39 is 0 Å².